The molecule has 1 aliphatic rings. The Morgan fingerprint density at radius 1 is 1.24 bits per heavy atom. The van der Waals surface area contributed by atoms with E-state index in [1.807, 2.05) is 31.2 Å². The van der Waals surface area contributed by atoms with Gasteiger partial charge >= 0.3 is 0 Å². The average Bonchev–Trinajstić information content (AvgIpc) is 3.02. The van der Waals surface area contributed by atoms with Crippen LogP contribution in [-0.4, -0.2) is 28.5 Å². The molecule has 3 aromatic rings. The molecule has 0 saturated carbocycles. The number of carbonyl (C=O) groups is 1. The molecule has 2 heterocycles. The van der Waals surface area contributed by atoms with Gasteiger partial charge < -0.3 is 14.8 Å². The van der Waals surface area contributed by atoms with E-state index in [0.717, 1.165) is 36.2 Å². The molecular weight excluding hydrogens is 364 g/mol. The molecule has 0 spiro atoms. The summed E-state index contributed by atoms with van der Waals surface area (Å²) < 4.78 is 5.90. The third kappa shape index (κ3) is 3.87. The van der Waals surface area contributed by atoms with Gasteiger partial charge in [-0.25, -0.2) is 0 Å². The second kappa shape index (κ2) is 7.91. The number of nitrogens with one attached hydrogen (secondary N) is 1. The number of amides is 1. The average molecular weight is 392 g/mol. The maximum Gasteiger partial charge on any atom is 0.259 e. The van der Waals surface area contributed by atoms with Crippen LogP contribution < -0.4 is 5.32 Å². The van der Waals surface area contributed by atoms with E-state index in [1.54, 1.807) is 19.1 Å². The highest BCUT2D eigenvalue weighted by molar-refractivity contribution is 6.14. The Bertz CT molecular complexity index is 1050. The minimum Gasteiger partial charge on any atom is -0.508 e. The van der Waals surface area contributed by atoms with Crippen LogP contribution in [0.4, 0.5) is 5.69 Å². The van der Waals surface area contributed by atoms with Gasteiger partial charge in [-0.05, 0) is 70.0 Å². The van der Waals surface area contributed by atoms with Gasteiger partial charge in [0, 0.05) is 29.2 Å². The van der Waals surface area contributed by atoms with Gasteiger partial charge in [-0.2, -0.15) is 0 Å². The maximum atomic E-state index is 13.2. The summed E-state index contributed by atoms with van der Waals surface area (Å²) >= 11 is 0. The highest BCUT2D eigenvalue weighted by atomic mass is 16.3. The lowest BCUT2D eigenvalue weighted by Crippen LogP contribution is -2.36. The van der Waals surface area contributed by atoms with Crippen LogP contribution in [0.2, 0.25) is 0 Å². The number of fused-ring (bicyclic) bond motifs is 1. The predicted molar refractivity (Wildman–Crippen MR) is 115 cm³/mol. The Morgan fingerprint density at radius 3 is 2.83 bits per heavy atom. The molecule has 4 rings (SSSR count). The molecule has 1 amide bonds. The number of piperidine rings is 1. The molecule has 0 aliphatic carbocycles. The third-order valence-corrected chi connectivity index (χ3v) is 5.92. The first-order valence-electron chi connectivity index (χ1n) is 10.3. The summed E-state index contributed by atoms with van der Waals surface area (Å²) in [6, 6.07) is 11.6. The van der Waals surface area contributed by atoms with Gasteiger partial charge in [-0.3, -0.25) is 9.69 Å². The molecule has 0 bridgehead atoms. The third-order valence-electron chi connectivity index (χ3n) is 5.92. The zero-order valence-electron chi connectivity index (χ0n) is 17.3. The fourth-order valence-corrected chi connectivity index (χ4v) is 4.31. The molecule has 29 heavy (non-hydrogen) atoms. The zero-order valence-corrected chi connectivity index (χ0v) is 17.3. The van der Waals surface area contributed by atoms with Crippen molar-refractivity contribution in [2.45, 2.75) is 52.6 Å². The van der Waals surface area contributed by atoms with Gasteiger partial charge in [0.15, 0.2) is 0 Å². The minimum atomic E-state index is -0.217. The second-order valence-electron chi connectivity index (χ2n) is 8.11. The molecule has 0 radical (unpaired) electrons. The summed E-state index contributed by atoms with van der Waals surface area (Å²) in [6.45, 7) is 7.62. The summed E-state index contributed by atoms with van der Waals surface area (Å²) in [7, 11) is 0. The van der Waals surface area contributed by atoms with Crippen molar-refractivity contribution in [3.63, 3.8) is 0 Å². The Hall–Kier alpha value is -2.79. The lowest BCUT2D eigenvalue weighted by Gasteiger charge is -2.33. The SMILES string of the molecule is Cc1cccc(NC(=O)c2c(C)oc3ccc(O)c(CN4CCCCC4C)c23)c1. The number of benzene rings is 2. The van der Waals surface area contributed by atoms with Crippen LogP contribution in [0.15, 0.2) is 40.8 Å². The molecule has 2 aromatic carbocycles. The fraction of sp³-hybridized carbons (Fsp3) is 0.375. The largest absolute Gasteiger partial charge is 0.508 e. The highest BCUT2D eigenvalue weighted by Gasteiger charge is 2.26. The number of likely N-dealkylation sites (tertiary alicyclic amines) is 1. The number of furan rings is 1. The molecular formula is C24H28N2O3. The quantitative estimate of drug-likeness (QED) is 0.625. The van der Waals surface area contributed by atoms with Gasteiger partial charge in [0.25, 0.3) is 5.91 Å². The Balaban J connectivity index is 1.74. The van der Waals surface area contributed by atoms with Crippen LogP contribution in [0.25, 0.3) is 11.0 Å². The summed E-state index contributed by atoms with van der Waals surface area (Å²) in [5.41, 5.74) is 3.72. The van der Waals surface area contributed by atoms with E-state index < -0.39 is 0 Å². The first-order valence-corrected chi connectivity index (χ1v) is 10.3. The number of aryl methyl sites for hydroxylation is 2. The Kier molecular flexibility index (Phi) is 5.33. The second-order valence-corrected chi connectivity index (χ2v) is 8.11. The molecule has 5 nitrogen and oxygen atoms in total. The molecule has 1 aliphatic heterocycles. The van der Waals surface area contributed by atoms with Crippen molar-refractivity contribution in [1.29, 1.82) is 0 Å². The number of aromatic hydroxyl groups is 1. The van der Waals surface area contributed by atoms with Crippen LogP contribution in [0.5, 0.6) is 5.75 Å². The first-order chi connectivity index (χ1) is 13.9. The summed E-state index contributed by atoms with van der Waals surface area (Å²) in [6.07, 6.45) is 3.55. The van der Waals surface area contributed by atoms with Gasteiger partial charge in [0.05, 0.1) is 5.56 Å². The first kappa shape index (κ1) is 19.5. The highest BCUT2D eigenvalue weighted by Crippen LogP contribution is 2.36. The van der Waals surface area contributed by atoms with Crippen LogP contribution in [0, 0.1) is 13.8 Å². The van der Waals surface area contributed by atoms with Crippen molar-refractivity contribution in [3.05, 3.63) is 58.8 Å². The number of hydrogen-bond acceptors (Lipinski definition) is 4. The van der Waals surface area contributed by atoms with Gasteiger partial charge in [0.1, 0.15) is 17.1 Å². The molecule has 1 atom stereocenters. The lowest BCUT2D eigenvalue weighted by molar-refractivity contribution is 0.102. The summed E-state index contributed by atoms with van der Waals surface area (Å²) in [5.74, 6) is 0.551. The van der Waals surface area contributed by atoms with E-state index in [4.69, 9.17) is 4.42 Å². The van der Waals surface area contributed by atoms with E-state index in [-0.39, 0.29) is 11.7 Å². The van der Waals surface area contributed by atoms with Gasteiger partial charge in [-0.15, -0.1) is 0 Å². The monoisotopic (exact) mass is 392 g/mol. The van der Waals surface area contributed by atoms with Crippen molar-refractivity contribution in [3.8, 4) is 5.75 Å². The molecule has 1 aromatic heterocycles. The van der Waals surface area contributed by atoms with E-state index in [9.17, 15) is 9.90 Å². The number of anilines is 1. The number of rotatable bonds is 4. The normalized spacial score (nSPS) is 17.6. The molecule has 152 valence electrons. The lowest BCUT2D eigenvalue weighted by atomic mass is 9.99. The molecule has 1 unspecified atom stereocenters. The molecule has 5 heteroatoms. The zero-order chi connectivity index (χ0) is 20.5. The van der Waals surface area contributed by atoms with Crippen molar-refractivity contribution >= 4 is 22.6 Å². The summed E-state index contributed by atoms with van der Waals surface area (Å²) in [5, 5.41) is 14.4. The standard InChI is InChI=1S/C24H28N2O3/c1-15-7-6-9-18(13-15)25-24(28)22-17(3)29-21-11-10-20(27)19(23(21)22)14-26-12-5-4-8-16(26)2/h6-7,9-11,13,16,27H,4-5,8,12,14H2,1-3H3,(H,25,28). The van der Waals surface area contributed by atoms with Crippen LogP contribution in [0.3, 0.4) is 0 Å². The topological polar surface area (TPSA) is 65.7 Å². The van der Waals surface area contributed by atoms with Crippen LogP contribution in [-0.2, 0) is 6.54 Å². The predicted octanol–water partition coefficient (Wildman–Crippen LogP) is 5.38. The van der Waals surface area contributed by atoms with Crippen molar-refractivity contribution in [2.75, 3.05) is 11.9 Å². The van der Waals surface area contributed by atoms with E-state index in [2.05, 4.69) is 17.1 Å². The fourth-order valence-electron chi connectivity index (χ4n) is 4.31. The number of phenolic OH excluding ortho intramolecular Hbond substituents is 1. The van der Waals surface area contributed by atoms with E-state index in [1.165, 1.54) is 6.42 Å². The molecule has 1 saturated heterocycles. The Morgan fingerprint density at radius 2 is 2.07 bits per heavy atom. The van der Waals surface area contributed by atoms with Gasteiger partial charge in [0.2, 0.25) is 0 Å². The van der Waals surface area contributed by atoms with Crippen molar-refractivity contribution < 1.29 is 14.3 Å². The summed E-state index contributed by atoms with van der Waals surface area (Å²) in [4.78, 5) is 15.6. The van der Waals surface area contributed by atoms with Crippen LogP contribution in [0.1, 0.15) is 53.4 Å². The number of hydrogen-bond donors (Lipinski definition) is 2. The van der Waals surface area contributed by atoms with Crippen molar-refractivity contribution in [1.82, 2.24) is 4.90 Å². The molecule has 2 N–H and O–H groups in total. The van der Waals surface area contributed by atoms with E-state index >= 15 is 0 Å². The maximum absolute atomic E-state index is 13.2. The van der Waals surface area contributed by atoms with Crippen LogP contribution >= 0.6 is 0 Å². The van der Waals surface area contributed by atoms with Crippen molar-refractivity contribution in [2.24, 2.45) is 0 Å². The van der Waals surface area contributed by atoms with E-state index in [0.29, 0.717) is 34.9 Å². The number of nitrogens with zero attached hydrogens (tertiary/aromatic N) is 1. The number of phenols is 1. The smallest absolute Gasteiger partial charge is 0.259 e. The number of carbonyl (C=O) groups excluding carboxylic acids is 1. The minimum absolute atomic E-state index is 0.209. The molecule has 1 fully saturated rings. The van der Waals surface area contributed by atoms with Gasteiger partial charge in [-0.1, -0.05) is 18.6 Å². The Labute approximate surface area is 171 Å².